The molecule has 6 heteroatoms. The van der Waals surface area contributed by atoms with Crippen LogP contribution in [-0.2, 0) is 4.79 Å². The van der Waals surface area contributed by atoms with Gasteiger partial charge in [0.2, 0.25) is 0 Å². The fourth-order valence-electron chi connectivity index (χ4n) is 3.29. The lowest BCUT2D eigenvalue weighted by Crippen LogP contribution is -2.38. The smallest absolute Gasteiger partial charge is 0.306 e. The van der Waals surface area contributed by atoms with Crippen molar-refractivity contribution in [3.63, 3.8) is 0 Å². The molecule has 0 atom stereocenters. The zero-order chi connectivity index (χ0) is 18.9. The summed E-state index contributed by atoms with van der Waals surface area (Å²) in [6.45, 7) is 7.78. The van der Waals surface area contributed by atoms with E-state index in [-0.39, 0.29) is 17.9 Å². The van der Waals surface area contributed by atoms with Crippen LogP contribution in [0.4, 0.5) is 0 Å². The number of carbonyl (C=O) groups is 2. The molecule has 2 rings (SSSR count). The van der Waals surface area contributed by atoms with Gasteiger partial charge in [0.05, 0.1) is 5.92 Å². The first kappa shape index (κ1) is 20.2. The molecule has 26 heavy (non-hydrogen) atoms. The highest BCUT2D eigenvalue weighted by Crippen LogP contribution is 2.24. The van der Waals surface area contributed by atoms with Gasteiger partial charge in [0.15, 0.2) is 0 Å². The normalized spacial score (nSPS) is 20.0. The molecule has 1 aromatic carbocycles. The average Bonchev–Trinajstić information content (AvgIpc) is 2.66. The van der Waals surface area contributed by atoms with E-state index in [0.29, 0.717) is 25.0 Å². The lowest BCUT2D eigenvalue weighted by molar-refractivity contribution is -0.142. The molecule has 0 bridgehead atoms. The van der Waals surface area contributed by atoms with Crippen molar-refractivity contribution in [2.24, 2.45) is 5.92 Å². The van der Waals surface area contributed by atoms with E-state index in [1.807, 2.05) is 12.1 Å². The maximum atomic E-state index is 12.3. The van der Waals surface area contributed by atoms with Gasteiger partial charge in [0.1, 0.15) is 12.4 Å². The van der Waals surface area contributed by atoms with Gasteiger partial charge in [0, 0.05) is 18.2 Å². The highest BCUT2D eigenvalue weighted by atomic mass is 16.5. The summed E-state index contributed by atoms with van der Waals surface area (Å²) in [6.07, 6.45) is 2.68. The van der Waals surface area contributed by atoms with Gasteiger partial charge in [-0.2, -0.15) is 0 Å². The SMILES string of the molecule is CCN(CC)CCOc1ccc(C(=O)NC2CCC(C(=O)O)CC2)cc1. The fraction of sp³-hybridized carbons (Fsp3) is 0.600. The molecule has 0 heterocycles. The van der Waals surface area contributed by atoms with Crippen LogP contribution in [-0.4, -0.2) is 54.2 Å². The second-order valence-electron chi connectivity index (χ2n) is 6.76. The number of hydrogen-bond acceptors (Lipinski definition) is 4. The van der Waals surface area contributed by atoms with Gasteiger partial charge in [-0.25, -0.2) is 0 Å². The Morgan fingerprint density at radius 3 is 2.27 bits per heavy atom. The Morgan fingerprint density at radius 2 is 1.73 bits per heavy atom. The van der Waals surface area contributed by atoms with Crippen molar-refractivity contribution in [2.75, 3.05) is 26.2 Å². The largest absolute Gasteiger partial charge is 0.492 e. The maximum Gasteiger partial charge on any atom is 0.306 e. The van der Waals surface area contributed by atoms with Crippen LogP contribution in [0.25, 0.3) is 0 Å². The Labute approximate surface area is 155 Å². The maximum absolute atomic E-state index is 12.3. The van der Waals surface area contributed by atoms with E-state index in [2.05, 4.69) is 24.1 Å². The van der Waals surface area contributed by atoms with Crippen LogP contribution >= 0.6 is 0 Å². The van der Waals surface area contributed by atoms with Gasteiger partial charge in [-0.1, -0.05) is 13.8 Å². The van der Waals surface area contributed by atoms with Gasteiger partial charge in [-0.05, 0) is 63.0 Å². The predicted octanol–water partition coefficient (Wildman–Crippen LogP) is 2.78. The van der Waals surface area contributed by atoms with Crippen molar-refractivity contribution in [1.29, 1.82) is 0 Å². The van der Waals surface area contributed by atoms with Gasteiger partial charge in [-0.15, -0.1) is 0 Å². The minimum absolute atomic E-state index is 0.0584. The van der Waals surface area contributed by atoms with Crippen LogP contribution < -0.4 is 10.1 Å². The summed E-state index contributed by atoms with van der Waals surface area (Å²) in [6, 6.07) is 7.23. The van der Waals surface area contributed by atoms with Gasteiger partial charge in [0.25, 0.3) is 5.91 Å². The van der Waals surface area contributed by atoms with Crippen LogP contribution in [0.1, 0.15) is 49.9 Å². The standard InChI is InChI=1S/C20H30N2O4/c1-3-22(4-2)13-14-26-18-11-7-15(8-12-18)19(23)21-17-9-5-16(6-10-17)20(24)25/h7-8,11-12,16-17H,3-6,9-10,13-14H2,1-2H3,(H,21,23)(H,24,25). The first-order valence-electron chi connectivity index (χ1n) is 9.52. The third-order valence-electron chi connectivity index (χ3n) is 5.10. The average molecular weight is 362 g/mol. The molecule has 1 aromatic rings. The van der Waals surface area contributed by atoms with Crippen LogP contribution in [0.3, 0.4) is 0 Å². The number of ether oxygens (including phenoxy) is 1. The third kappa shape index (κ3) is 6.02. The van der Waals surface area contributed by atoms with Crippen molar-refractivity contribution >= 4 is 11.9 Å². The number of nitrogens with zero attached hydrogens (tertiary/aromatic N) is 1. The molecule has 0 unspecified atom stereocenters. The lowest BCUT2D eigenvalue weighted by atomic mass is 9.86. The highest BCUT2D eigenvalue weighted by Gasteiger charge is 2.26. The first-order valence-corrected chi connectivity index (χ1v) is 9.52. The molecule has 0 saturated heterocycles. The minimum Gasteiger partial charge on any atom is -0.492 e. The lowest BCUT2D eigenvalue weighted by Gasteiger charge is -2.26. The number of amides is 1. The van der Waals surface area contributed by atoms with Crippen molar-refractivity contribution in [3.05, 3.63) is 29.8 Å². The van der Waals surface area contributed by atoms with E-state index in [0.717, 1.165) is 38.2 Å². The molecule has 1 aliphatic rings. The Hall–Kier alpha value is -2.08. The zero-order valence-corrected chi connectivity index (χ0v) is 15.7. The van der Waals surface area contributed by atoms with Gasteiger partial charge < -0.3 is 20.1 Å². The summed E-state index contributed by atoms with van der Waals surface area (Å²) in [4.78, 5) is 25.6. The number of benzene rings is 1. The molecule has 6 nitrogen and oxygen atoms in total. The number of likely N-dealkylation sites (N-methyl/N-ethyl adjacent to an activating group) is 1. The van der Waals surface area contributed by atoms with Crippen molar-refractivity contribution < 1.29 is 19.4 Å². The van der Waals surface area contributed by atoms with E-state index >= 15 is 0 Å². The van der Waals surface area contributed by atoms with Crippen LogP contribution in [0.15, 0.2) is 24.3 Å². The number of nitrogens with one attached hydrogen (secondary N) is 1. The number of carbonyl (C=O) groups excluding carboxylic acids is 1. The number of aliphatic carboxylic acids is 1. The predicted molar refractivity (Wildman–Crippen MR) is 101 cm³/mol. The van der Waals surface area contributed by atoms with Crippen molar-refractivity contribution in [1.82, 2.24) is 10.2 Å². The molecule has 2 N–H and O–H groups in total. The highest BCUT2D eigenvalue weighted by molar-refractivity contribution is 5.94. The molecule has 1 amide bonds. The quantitative estimate of drug-likeness (QED) is 0.706. The Morgan fingerprint density at radius 1 is 1.12 bits per heavy atom. The molecule has 1 aliphatic carbocycles. The van der Waals surface area contributed by atoms with E-state index in [9.17, 15) is 9.59 Å². The number of carboxylic acids is 1. The Bertz CT molecular complexity index is 576. The minimum atomic E-state index is -0.730. The molecule has 0 radical (unpaired) electrons. The molecule has 1 fully saturated rings. The summed E-state index contributed by atoms with van der Waals surface area (Å²) in [5.41, 5.74) is 0.599. The molecular formula is C20H30N2O4. The van der Waals surface area contributed by atoms with Gasteiger partial charge in [-0.3, -0.25) is 9.59 Å². The van der Waals surface area contributed by atoms with Crippen LogP contribution in [0.5, 0.6) is 5.75 Å². The number of carboxylic acid groups (broad SMARTS) is 1. The molecular weight excluding hydrogens is 332 g/mol. The third-order valence-corrected chi connectivity index (χ3v) is 5.10. The topological polar surface area (TPSA) is 78.9 Å². The number of rotatable bonds is 9. The van der Waals surface area contributed by atoms with E-state index < -0.39 is 5.97 Å². The first-order chi connectivity index (χ1) is 12.5. The molecule has 0 aromatic heterocycles. The summed E-state index contributed by atoms with van der Waals surface area (Å²) >= 11 is 0. The second-order valence-corrected chi connectivity index (χ2v) is 6.76. The summed E-state index contributed by atoms with van der Waals surface area (Å²) in [7, 11) is 0. The molecule has 0 spiro atoms. The summed E-state index contributed by atoms with van der Waals surface area (Å²) in [5.74, 6) is -0.351. The second kappa shape index (κ2) is 10.2. The van der Waals surface area contributed by atoms with E-state index in [1.54, 1.807) is 12.1 Å². The molecule has 1 saturated carbocycles. The van der Waals surface area contributed by atoms with E-state index in [1.165, 1.54) is 0 Å². The van der Waals surface area contributed by atoms with Crippen molar-refractivity contribution in [2.45, 2.75) is 45.6 Å². The zero-order valence-electron chi connectivity index (χ0n) is 15.7. The molecule has 0 aliphatic heterocycles. The van der Waals surface area contributed by atoms with E-state index in [4.69, 9.17) is 9.84 Å². The van der Waals surface area contributed by atoms with Crippen molar-refractivity contribution in [3.8, 4) is 5.75 Å². The Balaban J connectivity index is 1.77. The number of hydrogen-bond donors (Lipinski definition) is 2. The van der Waals surface area contributed by atoms with Crippen LogP contribution in [0.2, 0.25) is 0 Å². The summed E-state index contributed by atoms with van der Waals surface area (Å²) in [5, 5.41) is 12.0. The fourth-order valence-corrected chi connectivity index (χ4v) is 3.29. The monoisotopic (exact) mass is 362 g/mol. The Kier molecular flexibility index (Phi) is 7.91. The summed E-state index contributed by atoms with van der Waals surface area (Å²) < 4.78 is 5.73. The molecule has 144 valence electrons. The van der Waals surface area contributed by atoms with Crippen LogP contribution in [0, 0.1) is 5.92 Å². The van der Waals surface area contributed by atoms with Gasteiger partial charge >= 0.3 is 5.97 Å².